The molecule has 0 bridgehead atoms. The maximum absolute atomic E-state index is 11.5. The van der Waals surface area contributed by atoms with Crippen LogP contribution in [0.3, 0.4) is 0 Å². The van der Waals surface area contributed by atoms with Gasteiger partial charge in [-0.05, 0) is 0 Å². The number of carbonyl (C=O) groups is 4. The molecule has 1 fully saturated rings. The van der Waals surface area contributed by atoms with Gasteiger partial charge in [-0.2, -0.15) is 0 Å². The van der Waals surface area contributed by atoms with Crippen molar-refractivity contribution in [2.45, 2.75) is 11.7 Å². The quantitative estimate of drug-likeness (QED) is 0.298. The van der Waals surface area contributed by atoms with Crippen LogP contribution in [-0.2, 0) is 31.8 Å². The summed E-state index contributed by atoms with van der Waals surface area (Å²) in [5.41, 5.74) is 0. The molecule has 0 saturated carbocycles. The average Bonchev–Trinajstić information content (AvgIpc) is 2.70. The molecule has 2 aliphatic rings. The van der Waals surface area contributed by atoms with Crippen molar-refractivity contribution in [3.05, 3.63) is 12.2 Å². The zero-order valence-electron chi connectivity index (χ0n) is 9.79. The summed E-state index contributed by atoms with van der Waals surface area (Å²) in [6, 6.07) is 0. The predicted octanol–water partition coefficient (Wildman–Crippen LogP) is -4.41. The maximum Gasteiger partial charge on any atom is 1.00 e. The Bertz CT molecular complexity index is 433. The van der Waals surface area contributed by atoms with E-state index in [0.29, 0.717) is 0 Å². The van der Waals surface area contributed by atoms with Gasteiger partial charge in [-0.25, -0.2) is 0 Å². The van der Waals surface area contributed by atoms with Crippen molar-refractivity contribution in [1.29, 1.82) is 0 Å². The molecule has 1 saturated heterocycles. The number of hydrogen-bond donors (Lipinski definition) is 0. The van der Waals surface area contributed by atoms with Gasteiger partial charge in [0, 0.05) is 31.7 Å². The second-order valence-corrected chi connectivity index (χ2v) is 4.31. The molecule has 0 radical (unpaired) electrons. The van der Waals surface area contributed by atoms with E-state index in [9.17, 15) is 19.2 Å². The van der Waals surface area contributed by atoms with E-state index in [1.54, 1.807) is 0 Å². The van der Waals surface area contributed by atoms with Gasteiger partial charge in [0.25, 0.3) is 11.8 Å². The summed E-state index contributed by atoms with van der Waals surface area (Å²) >= 11 is 4.80. The first-order valence-corrected chi connectivity index (χ1v) is 5.51. The molecule has 2 heterocycles. The molecule has 2 rings (SSSR count). The summed E-state index contributed by atoms with van der Waals surface area (Å²) in [5.74, 6) is -1.62. The van der Waals surface area contributed by atoms with Crippen LogP contribution in [0.25, 0.3) is 0 Å². The standard InChI is InChI=1S/C10H10N2O4S.K/c13-7-1-2-8(14)11(7)3-4-12-9(15)5-6(17)10(12)16;/h1-2,6,17H,3-5H2;/q;+1/p-1. The molecule has 6 nitrogen and oxygen atoms in total. The predicted molar refractivity (Wildman–Crippen MR) is 58.4 cm³/mol. The van der Waals surface area contributed by atoms with Gasteiger partial charge in [0.05, 0.1) is 0 Å². The van der Waals surface area contributed by atoms with Gasteiger partial charge in [0.1, 0.15) is 0 Å². The van der Waals surface area contributed by atoms with Crippen LogP contribution >= 0.6 is 0 Å². The van der Waals surface area contributed by atoms with Crippen LogP contribution in [-0.4, -0.2) is 51.8 Å². The smallest absolute Gasteiger partial charge is 0.779 e. The van der Waals surface area contributed by atoms with Crippen LogP contribution in [0, 0.1) is 0 Å². The summed E-state index contributed by atoms with van der Waals surface area (Å²) in [6.07, 6.45) is 2.34. The second-order valence-electron chi connectivity index (χ2n) is 3.74. The van der Waals surface area contributed by atoms with Crippen molar-refractivity contribution in [2.75, 3.05) is 13.1 Å². The summed E-state index contributed by atoms with van der Waals surface area (Å²) in [6.45, 7) is 0.0359. The maximum atomic E-state index is 11.5. The Morgan fingerprint density at radius 2 is 1.56 bits per heavy atom. The van der Waals surface area contributed by atoms with E-state index in [1.807, 2.05) is 0 Å². The topological polar surface area (TPSA) is 74.8 Å². The van der Waals surface area contributed by atoms with E-state index >= 15 is 0 Å². The number of hydrogen-bond acceptors (Lipinski definition) is 5. The van der Waals surface area contributed by atoms with E-state index < -0.39 is 23.0 Å². The number of amides is 4. The molecule has 1 unspecified atom stereocenters. The van der Waals surface area contributed by atoms with Crippen molar-refractivity contribution >= 4 is 36.3 Å². The molecule has 1 atom stereocenters. The Kier molecular flexibility index (Phi) is 5.75. The molecule has 8 heteroatoms. The SMILES string of the molecule is O=C1C=CC(=O)N1CCN1C(=O)CC([S-])C1=O.[K+]. The second kappa shape index (κ2) is 6.44. The van der Waals surface area contributed by atoms with Crippen molar-refractivity contribution in [3.8, 4) is 0 Å². The van der Waals surface area contributed by atoms with E-state index in [1.165, 1.54) is 0 Å². The van der Waals surface area contributed by atoms with Crippen LogP contribution < -0.4 is 51.4 Å². The third kappa shape index (κ3) is 3.12. The minimum atomic E-state index is -0.717. The summed E-state index contributed by atoms with van der Waals surface area (Å²) in [7, 11) is 0. The van der Waals surface area contributed by atoms with Gasteiger partial charge in [-0.1, -0.05) is 5.25 Å². The zero-order chi connectivity index (χ0) is 12.6. The van der Waals surface area contributed by atoms with E-state index in [-0.39, 0.29) is 76.8 Å². The largest absolute Gasteiger partial charge is 1.00 e. The zero-order valence-corrected chi connectivity index (χ0v) is 13.7. The fourth-order valence-electron chi connectivity index (χ4n) is 1.74. The molecular formula is C10H9KN2O4S. The molecule has 0 N–H and O–H groups in total. The molecule has 0 spiro atoms. The Balaban J connectivity index is 0.00000162. The number of carbonyl (C=O) groups excluding carboxylic acids is 4. The van der Waals surface area contributed by atoms with Gasteiger partial charge in [-0.3, -0.25) is 29.0 Å². The number of imide groups is 2. The minimum Gasteiger partial charge on any atom is -0.779 e. The first-order valence-electron chi connectivity index (χ1n) is 5.04. The van der Waals surface area contributed by atoms with E-state index in [0.717, 1.165) is 22.0 Å². The minimum absolute atomic E-state index is 0. The van der Waals surface area contributed by atoms with Crippen molar-refractivity contribution in [3.63, 3.8) is 0 Å². The normalized spacial score (nSPS) is 23.1. The molecule has 0 aromatic rings. The molecule has 0 aliphatic carbocycles. The van der Waals surface area contributed by atoms with E-state index in [4.69, 9.17) is 12.6 Å². The van der Waals surface area contributed by atoms with Gasteiger partial charge >= 0.3 is 51.4 Å². The number of nitrogens with zero attached hydrogens (tertiary/aromatic N) is 2. The van der Waals surface area contributed by atoms with E-state index in [2.05, 4.69) is 0 Å². The van der Waals surface area contributed by atoms with Gasteiger partial charge < -0.3 is 12.6 Å². The van der Waals surface area contributed by atoms with Gasteiger partial charge in [0.2, 0.25) is 11.8 Å². The van der Waals surface area contributed by atoms with Crippen LogP contribution in [0.5, 0.6) is 0 Å². The Hall–Kier alpha value is 0.00636. The number of likely N-dealkylation sites (tertiary alicyclic amines) is 1. The molecular weight excluding hydrogens is 283 g/mol. The Morgan fingerprint density at radius 3 is 2.00 bits per heavy atom. The molecule has 2 aliphatic heterocycles. The van der Waals surface area contributed by atoms with Crippen molar-refractivity contribution in [1.82, 2.24) is 9.80 Å². The first kappa shape index (κ1) is 16.1. The first-order chi connectivity index (χ1) is 8.00. The van der Waals surface area contributed by atoms with Gasteiger partial charge in [0.15, 0.2) is 0 Å². The molecule has 18 heavy (non-hydrogen) atoms. The molecule has 0 aromatic heterocycles. The fourth-order valence-corrected chi connectivity index (χ4v) is 2.01. The third-order valence-electron chi connectivity index (χ3n) is 2.65. The van der Waals surface area contributed by atoms with Gasteiger partial charge in [-0.15, -0.1) is 0 Å². The Morgan fingerprint density at radius 1 is 1.06 bits per heavy atom. The van der Waals surface area contributed by atoms with Crippen LogP contribution in [0.2, 0.25) is 0 Å². The monoisotopic (exact) mass is 292 g/mol. The third-order valence-corrected chi connectivity index (χ3v) is 3.02. The average molecular weight is 292 g/mol. The van der Waals surface area contributed by atoms with Crippen LogP contribution in [0.4, 0.5) is 0 Å². The fraction of sp³-hybridized carbons (Fsp3) is 0.400. The molecule has 4 amide bonds. The van der Waals surface area contributed by atoms with Crippen molar-refractivity contribution < 1.29 is 70.6 Å². The summed E-state index contributed by atoms with van der Waals surface area (Å²) in [5, 5.41) is -0.717. The summed E-state index contributed by atoms with van der Waals surface area (Å²) < 4.78 is 0. The summed E-state index contributed by atoms with van der Waals surface area (Å²) in [4.78, 5) is 47.3. The van der Waals surface area contributed by atoms with Crippen LogP contribution in [0.15, 0.2) is 12.2 Å². The number of rotatable bonds is 3. The molecule has 0 aromatic carbocycles. The van der Waals surface area contributed by atoms with Crippen molar-refractivity contribution in [2.24, 2.45) is 0 Å². The van der Waals surface area contributed by atoms with Crippen LogP contribution in [0.1, 0.15) is 6.42 Å². The Labute approximate surface area is 152 Å². The molecule has 90 valence electrons.